The molecule has 0 unspecified atom stereocenters. The summed E-state index contributed by atoms with van der Waals surface area (Å²) in [6.07, 6.45) is 0.297. The summed E-state index contributed by atoms with van der Waals surface area (Å²) < 4.78 is 43.1. The maximum atomic E-state index is 12.5. The first-order valence-corrected chi connectivity index (χ1v) is 16.2. The lowest BCUT2D eigenvalue weighted by molar-refractivity contribution is -0.126. The molecule has 0 aromatic heterocycles. The van der Waals surface area contributed by atoms with E-state index in [-0.39, 0.29) is 110 Å². The van der Waals surface area contributed by atoms with Gasteiger partial charge in [-0.1, -0.05) is 10.2 Å². The molecule has 49 heavy (non-hydrogen) atoms. The summed E-state index contributed by atoms with van der Waals surface area (Å²) in [5, 5.41) is 14.9. The van der Waals surface area contributed by atoms with Crippen molar-refractivity contribution in [2.45, 2.75) is 25.3 Å². The van der Waals surface area contributed by atoms with Gasteiger partial charge < -0.3 is 59.6 Å². The number of nitrogens with two attached hydrogens (primary N) is 1. The van der Waals surface area contributed by atoms with Crippen molar-refractivity contribution in [1.82, 2.24) is 16.0 Å². The molecule has 0 saturated carbocycles. The molecule has 0 saturated heterocycles. The van der Waals surface area contributed by atoms with Gasteiger partial charge in [-0.3, -0.25) is 14.4 Å². The van der Waals surface area contributed by atoms with Gasteiger partial charge in [-0.25, -0.2) is 0 Å². The summed E-state index contributed by atoms with van der Waals surface area (Å²) in [4.78, 5) is 41.8. The van der Waals surface area contributed by atoms with Crippen LogP contribution in [0.5, 0.6) is 0 Å². The number of nitrogens with zero attached hydrogens (tertiary/aromatic N) is 6. The number of carbonyl (C=O) groups is 3. The molecule has 0 aromatic rings. The molecule has 0 aliphatic carbocycles. The number of hydrogen-bond acceptors (Lipinski definition) is 14. The van der Waals surface area contributed by atoms with E-state index in [4.69, 9.17) is 54.7 Å². The van der Waals surface area contributed by atoms with E-state index in [1.165, 1.54) is 0 Å². The van der Waals surface area contributed by atoms with Crippen molar-refractivity contribution >= 4 is 17.7 Å². The maximum absolute atomic E-state index is 12.5. The molecule has 0 bridgehead atoms. The Balaban J connectivity index is 4.30. The lowest BCUT2D eigenvalue weighted by Gasteiger charge is -2.19. The molecule has 0 heterocycles. The molecular weight excluding hydrogens is 652 g/mol. The second kappa shape index (κ2) is 37.5. The Bertz CT molecular complexity index is 876. The van der Waals surface area contributed by atoms with E-state index in [0.717, 1.165) is 0 Å². The Morgan fingerprint density at radius 1 is 0.531 bits per heavy atom. The van der Waals surface area contributed by atoms with Crippen molar-refractivity contribution in [2.24, 2.45) is 16.0 Å². The first-order valence-electron chi connectivity index (χ1n) is 16.2. The van der Waals surface area contributed by atoms with E-state index in [2.05, 4.69) is 36.0 Å². The van der Waals surface area contributed by atoms with Crippen LogP contribution in [0.1, 0.15) is 19.3 Å². The van der Waals surface area contributed by atoms with Crippen molar-refractivity contribution < 1.29 is 52.3 Å². The molecule has 21 heteroatoms. The fraction of sp³-hybridized carbons (Fsp3) is 0.893. The van der Waals surface area contributed by atoms with Gasteiger partial charge in [0, 0.05) is 61.8 Å². The highest BCUT2D eigenvalue weighted by Gasteiger charge is 2.14. The molecule has 5 N–H and O–H groups in total. The minimum atomic E-state index is -0.531. The van der Waals surface area contributed by atoms with Crippen LogP contribution in [0, 0.1) is 0 Å². The van der Waals surface area contributed by atoms with Crippen LogP contribution in [0.4, 0.5) is 0 Å². The number of hydrogen-bond donors (Lipinski definition) is 4. The highest BCUT2D eigenvalue weighted by atomic mass is 16.6. The van der Waals surface area contributed by atoms with Gasteiger partial charge in [-0.05, 0) is 11.1 Å². The molecule has 0 rings (SSSR count). The molecule has 282 valence electrons. The molecule has 21 nitrogen and oxygen atoms in total. The van der Waals surface area contributed by atoms with Gasteiger partial charge in [0.05, 0.1) is 112 Å². The topological polar surface area (TPSA) is 285 Å². The van der Waals surface area contributed by atoms with E-state index in [0.29, 0.717) is 65.9 Å². The molecule has 0 atom stereocenters. The molecule has 0 aliphatic heterocycles. The van der Waals surface area contributed by atoms with E-state index in [1.54, 1.807) is 0 Å². The third-order valence-electron chi connectivity index (χ3n) is 5.74. The van der Waals surface area contributed by atoms with Gasteiger partial charge >= 0.3 is 0 Å². The Morgan fingerprint density at radius 3 is 1.37 bits per heavy atom. The molecule has 0 aliphatic rings. The zero-order valence-electron chi connectivity index (χ0n) is 28.3. The van der Waals surface area contributed by atoms with Gasteiger partial charge in [-0.15, -0.1) is 0 Å². The fourth-order valence-electron chi connectivity index (χ4n) is 3.43. The van der Waals surface area contributed by atoms with Crippen molar-refractivity contribution in [3.8, 4) is 0 Å². The van der Waals surface area contributed by atoms with Gasteiger partial charge in [0.1, 0.15) is 0 Å². The monoisotopic (exact) mass is 706 g/mol. The molecular formula is C28H54N10O11. The Hall–Kier alpha value is -3.33. The Labute approximate surface area is 286 Å². The quantitative estimate of drug-likeness (QED) is 0.0277. The summed E-state index contributed by atoms with van der Waals surface area (Å²) in [5.74, 6) is -0.743. The van der Waals surface area contributed by atoms with Crippen LogP contribution < -0.4 is 21.7 Å². The SMILES string of the molecule is [N-]=[N+]=NCCOCCNC(=O)CCOCC(COCCC(=O)NCCOCCN=[N+]=[N-])NC(=O)CCOCCOCCOCCOCCN. The zero-order chi connectivity index (χ0) is 35.9. The minimum absolute atomic E-state index is 0.0802. The van der Waals surface area contributed by atoms with Crippen LogP contribution in [-0.4, -0.2) is 162 Å². The number of azide groups is 2. The van der Waals surface area contributed by atoms with Crippen LogP contribution in [0.3, 0.4) is 0 Å². The van der Waals surface area contributed by atoms with Crippen LogP contribution in [0.25, 0.3) is 20.9 Å². The van der Waals surface area contributed by atoms with Gasteiger partial charge in [0.15, 0.2) is 0 Å². The molecule has 0 spiro atoms. The molecule has 3 amide bonds. The largest absolute Gasteiger partial charge is 0.379 e. The number of ether oxygens (including phenoxy) is 8. The predicted octanol–water partition coefficient (Wildman–Crippen LogP) is -0.414. The van der Waals surface area contributed by atoms with Crippen LogP contribution >= 0.6 is 0 Å². The van der Waals surface area contributed by atoms with Crippen molar-refractivity contribution in [3.05, 3.63) is 20.9 Å². The van der Waals surface area contributed by atoms with E-state index < -0.39 is 6.04 Å². The maximum Gasteiger partial charge on any atom is 0.222 e. The van der Waals surface area contributed by atoms with E-state index >= 15 is 0 Å². The van der Waals surface area contributed by atoms with E-state index in [9.17, 15) is 14.4 Å². The molecule has 0 fully saturated rings. The first kappa shape index (κ1) is 45.7. The zero-order valence-corrected chi connectivity index (χ0v) is 28.3. The van der Waals surface area contributed by atoms with Crippen LogP contribution in [0.15, 0.2) is 10.2 Å². The normalized spacial score (nSPS) is 11.3. The first-order chi connectivity index (χ1) is 24.0. The van der Waals surface area contributed by atoms with E-state index in [1.807, 2.05) is 0 Å². The van der Waals surface area contributed by atoms with Gasteiger partial charge in [0.2, 0.25) is 17.7 Å². The highest BCUT2D eigenvalue weighted by Crippen LogP contribution is 1.96. The second-order valence-corrected chi connectivity index (χ2v) is 9.74. The van der Waals surface area contributed by atoms with Gasteiger partial charge in [-0.2, -0.15) is 0 Å². The fourth-order valence-corrected chi connectivity index (χ4v) is 3.43. The molecule has 0 aromatic carbocycles. The summed E-state index contributed by atoms with van der Waals surface area (Å²) in [6, 6.07) is -0.531. The average Bonchev–Trinajstić information content (AvgIpc) is 3.09. The van der Waals surface area contributed by atoms with Crippen LogP contribution in [0.2, 0.25) is 0 Å². The summed E-state index contributed by atoms with van der Waals surface area (Å²) in [6.45, 7) is 6.14. The van der Waals surface area contributed by atoms with Crippen LogP contribution in [-0.2, 0) is 52.3 Å². The lowest BCUT2D eigenvalue weighted by atomic mass is 10.3. The smallest absolute Gasteiger partial charge is 0.222 e. The number of carbonyl (C=O) groups excluding carboxylic acids is 3. The average molecular weight is 707 g/mol. The van der Waals surface area contributed by atoms with Crippen molar-refractivity contribution in [3.63, 3.8) is 0 Å². The summed E-state index contributed by atoms with van der Waals surface area (Å²) in [5.41, 5.74) is 21.8. The van der Waals surface area contributed by atoms with Crippen molar-refractivity contribution in [1.29, 1.82) is 0 Å². The standard InChI is InChI=1S/C28H54N10O11/c29-4-12-43-18-20-47-22-21-46-19-17-42-9-3-28(41)36-25(23-48-10-1-26(39)32-5-13-44-15-7-34-37-30)24-49-11-2-27(40)33-6-14-45-16-8-35-38-31/h25H,1-24,29H2,(H,32,39)(H,33,40)(H,36,41). The Morgan fingerprint density at radius 2 is 0.918 bits per heavy atom. The number of amides is 3. The lowest BCUT2D eigenvalue weighted by Crippen LogP contribution is -2.42. The van der Waals surface area contributed by atoms with Crippen molar-refractivity contribution in [2.75, 3.05) is 138 Å². The third-order valence-corrected chi connectivity index (χ3v) is 5.74. The second-order valence-electron chi connectivity index (χ2n) is 9.74. The third kappa shape index (κ3) is 35.8. The predicted molar refractivity (Wildman–Crippen MR) is 175 cm³/mol. The molecule has 0 radical (unpaired) electrons. The number of rotatable bonds is 37. The highest BCUT2D eigenvalue weighted by molar-refractivity contribution is 5.76. The number of nitrogens with one attached hydrogen (secondary N) is 3. The van der Waals surface area contributed by atoms with Gasteiger partial charge in [0.25, 0.3) is 0 Å². The minimum Gasteiger partial charge on any atom is -0.379 e. The Kier molecular flexibility index (Phi) is 34.9. The summed E-state index contributed by atoms with van der Waals surface area (Å²) in [7, 11) is 0. The summed E-state index contributed by atoms with van der Waals surface area (Å²) >= 11 is 0.